The summed E-state index contributed by atoms with van der Waals surface area (Å²) >= 11 is 0. The van der Waals surface area contributed by atoms with Gasteiger partial charge in [-0.15, -0.1) is 0 Å². The van der Waals surface area contributed by atoms with Crippen LogP contribution in [0.5, 0.6) is 0 Å². The highest BCUT2D eigenvalue weighted by molar-refractivity contribution is 5.21. The lowest BCUT2D eigenvalue weighted by Crippen LogP contribution is -2.33. The van der Waals surface area contributed by atoms with Gasteiger partial charge in [0.25, 0.3) is 0 Å². The molecule has 2 atom stereocenters. The van der Waals surface area contributed by atoms with Crippen LogP contribution < -0.4 is 11.3 Å². The molecule has 0 aliphatic heterocycles. The van der Waals surface area contributed by atoms with Crippen molar-refractivity contribution >= 4 is 0 Å². The number of hydrogen-bond acceptors (Lipinski definition) is 2. The Morgan fingerprint density at radius 3 is 2.44 bits per heavy atom. The first-order chi connectivity index (χ1) is 8.63. The molecule has 18 heavy (non-hydrogen) atoms. The second-order valence-corrected chi connectivity index (χ2v) is 4.63. The Balaban J connectivity index is 2.88. The average Bonchev–Trinajstić information content (AvgIpc) is 2.38. The zero-order chi connectivity index (χ0) is 13.5. The summed E-state index contributed by atoms with van der Waals surface area (Å²) < 4.78 is 26.2. The third-order valence-corrected chi connectivity index (χ3v) is 3.41. The lowest BCUT2D eigenvalue weighted by atomic mass is 9.87. The summed E-state index contributed by atoms with van der Waals surface area (Å²) in [7, 11) is 0. The minimum Gasteiger partial charge on any atom is -0.271 e. The summed E-state index contributed by atoms with van der Waals surface area (Å²) in [6.07, 6.45) is 4.21. The van der Waals surface area contributed by atoms with Crippen LogP contribution in [0.4, 0.5) is 8.78 Å². The molecular weight excluding hydrogens is 234 g/mol. The smallest absolute Gasteiger partial charge is 0.159 e. The molecule has 1 rings (SSSR count). The SMILES string of the molecule is CCCCC(CC)C(NN)c1ccc(F)c(F)c1. The fraction of sp³-hybridized carbons (Fsp3) is 0.571. The summed E-state index contributed by atoms with van der Waals surface area (Å²) in [4.78, 5) is 0. The molecule has 102 valence electrons. The average molecular weight is 256 g/mol. The van der Waals surface area contributed by atoms with Crippen molar-refractivity contribution in [3.63, 3.8) is 0 Å². The van der Waals surface area contributed by atoms with Crippen molar-refractivity contribution in [3.05, 3.63) is 35.4 Å². The molecule has 2 unspecified atom stereocenters. The van der Waals surface area contributed by atoms with E-state index in [0.717, 1.165) is 31.7 Å². The first-order valence-corrected chi connectivity index (χ1v) is 6.55. The molecule has 0 spiro atoms. The number of halogens is 2. The largest absolute Gasteiger partial charge is 0.271 e. The van der Waals surface area contributed by atoms with Crippen LogP contribution >= 0.6 is 0 Å². The van der Waals surface area contributed by atoms with E-state index in [2.05, 4.69) is 19.3 Å². The summed E-state index contributed by atoms with van der Waals surface area (Å²) in [5, 5.41) is 0. The van der Waals surface area contributed by atoms with E-state index < -0.39 is 11.6 Å². The first-order valence-electron chi connectivity index (χ1n) is 6.55. The Hall–Kier alpha value is -1.00. The predicted molar refractivity (Wildman–Crippen MR) is 69.7 cm³/mol. The molecule has 0 aromatic heterocycles. The van der Waals surface area contributed by atoms with Crippen LogP contribution in [0, 0.1) is 17.6 Å². The van der Waals surface area contributed by atoms with E-state index >= 15 is 0 Å². The van der Waals surface area contributed by atoms with Gasteiger partial charge in [-0.2, -0.15) is 0 Å². The Bertz CT molecular complexity index is 369. The van der Waals surface area contributed by atoms with Crippen LogP contribution in [0.25, 0.3) is 0 Å². The van der Waals surface area contributed by atoms with Crippen molar-refractivity contribution in [1.82, 2.24) is 5.43 Å². The number of nitrogens with two attached hydrogens (primary N) is 1. The van der Waals surface area contributed by atoms with Crippen LogP contribution in [0.1, 0.15) is 51.1 Å². The Labute approximate surface area is 108 Å². The zero-order valence-corrected chi connectivity index (χ0v) is 11.0. The summed E-state index contributed by atoms with van der Waals surface area (Å²) in [5.41, 5.74) is 3.44. The molecule has 0 fully saturated rings. The molecule has 0 saturated carbocycles. The van der Waals surface area contributed by atoms with Gasteiger partial charge in [-0.1, -0.05) is 39.2 Å². The number of hydrazine groups is 1. The van der Waals surface area contributed by atoms with Crippen molar-refractivity contribution in [2.24, 2.45) is 11.8 Å². The lowest BCUT2D eigenvalue weighted by molar-refractivity contribution is 0.325. The van der Waals surface area contributed by atoms with Crippen LogP contribution in [0.15, 0.2) is 18.2 Å². The van der Waals surface area contributed by atoms with Crippen LogP contribution in [0.3, 0.4) is 0 Å². The highest BCUT2D eigenvalue weighted by atomic mass is 19.2. The fourth-order valence-electron chi connectivity index (χ4n) is 2.28. The summed E-state index contributed by atoms with van der Waals surface area (Å²) in [6, 6.07) is 3.85. The Kier molecular flexibility index (Phi) is 6.22. The molecule has 1 aromatic rings. The zero-order valence-electron chi connectivity index (χ0n) is 11.0. The summed E-state index contributed by atoms with van der Waals surface area (Å²) in [5.74, 6) is 4.26. The number of benzene rings is 1. The van der Waals surface area contributed by atoms with Gasteiger partial charge in [0.1, 0.15) is 0 Å². The van der Waals surface area contributed by atoms with Gasteiger partial charge in [0.05, 0.1) is 0 Å². The highest BCUT2D eigenvalue weighted by Crippen LogP contribution is 2.29. The molecule has 1 aromatic carbocycles. The lowest BCUT2D eigenvalue weighted by Gasteiger charge is -2.26. The molecule has 2 nitrogen and oxygen atoms in total. The maximum absolute atomic E-state index is 13.3. The van der Waals surface area contributed by atoms with Gasteiger partial charge in [-0.25, -0.2) is 8.78 Å². The molecule has 3 N–H and O–H groups in total. The molecule has 0 radical (unpaired) electrons. The summed E-state index contributed by atoms with van der Waals surface area (Å²) in [6.45, 7) is 4.22. The number of rotatable bonds is 7. The Morgan fingerprint density at radius 1 is 1.22 bits per heavy atom. The van der Waals surface area contributed by atoms with Crippen LogP contribution in [-0.2, 0) is 0 Å². The second kappa shape index (κ2) is 7.44. The van der Waals surface area contributed by atoms with E-state index in [9.17, 15) is 8.78 Å². The molecule has 0 amide bonds. The topological polar surface area (TPSA) is 38.0 Å². The van der Waals surface area contributed by atoms with Gasteiger partial charge in [0.15, 0.2) is 11.6 Å². The van der Waals surface area contributed by atoms with E-state index in [0.29, 0.717) is 11.5 Å². The molecule has 0 aliphatic carbocycles. The van der Waals surface area contributed by atoms with Crippen molar-refractivity contribution in [2.75, 3.05) is 0 Å². The number of unbranched alkanes of at least 4 members (excludes halogenated alkanes) is 1. The predicted octanol–water partition coefficient (Wildman–Crippen LogP) is 3.69. The van der Waals surface area contributed by atoms with Gasteiger partial charge < -0.3 is 0 Å². The van der Waals surface area contributed by atoms with Crippen molar-refractivity contribution < 1.29 is 8.78 Å². The molecule has 4 heteroatoms. The van der Waals surface area contributed by atoms with E-state index in [1.165, 1.54) is 6.07 Å². The fourth-order valence-corrected chi connectivity index (χ4v) is 2.28. The Morgan fingerprint density at radius 2 is 1.94 bits per heavy atom. The van der Waals surface area contributed by atoms with Gasteiger partial charge in [-0.05, 0) is 30.0 Å². The van der Waals surface area contributed by atoms with Gasteiger partial charge in [-0.3, -0.25) is 11.3 Å². The van der Waals surface area contributed by atoms with Crippen molar-refractivity contribution in [1.29, 1.82) is 0 Å². The maximum Gasteiger partial charge on any atom is 0.159 e. The molecule has 0 bridgehead atoms. The third-order valence-electron chi connectivity index (χ3n) is 3.41. The second-order valence-electron chi connectivity index (χ2n) is 4.63. The molecule has 0 aliphatic rings. The number of nitrogens with one attached hydrogen (secondary N) is 1. The molecular formula is C14H22F2N2. The minimum atomic E-state index is -0.823. The maximum atomic E-state index is 13.3. The van der Waals surface area contributed by atoms with Gasteiger partial charge in [0.2, 0.25) is 0 Å². The third kappa shape index (κ3) is 3.75. The highest BCUT2D eigenvalue weighted by Gasteiger charge is 2.21. The van der Waals surface area contributed by atoms with E-state index in [1.54, 1.807) is 6.07 Å². The molecule has 0 heterocycles. The minimum absolute atomic E-state index is 0.128. The van der Waals surface area contributed by atoms with Gasteiger partial charge in [0, 0.05) is 6.04 Å². The van der Waals surface area contributed by atoms with E-state index in [4.69, 9.17) is 5.84 Å². The van der Waals surface area contributed by atoms with Gasteiger partial charge >= 0.3 is 0 Å². The molecule has 0 saturated heterocycles. The standard InChI is InChI=1S/C14H22F2N2/c1-3-5-6-10(4-2)14(18-17)11-7-8-12(15)13(16)9-11/h7-10,14,18H,3-6,17H2,1-2H3. The quantitative estimate of drug-likeness (QED) is 0.577. The first kappa shape index (κ1) is 15.1. The van der Waals surface area contributed by atoms with Crippen LogP contribution in [0.2, 0.25) is 0 Å². The van der Waals surface area contributed by atoms with Crippen LogP contribution in [-0.4, -0.2) is 0 Å². The van der Waals surface area contributed by atoms with Crippen molar-refractivity contribution in [3.8, 4) is 0 Å². The van der Waals surface area contributed by atoms with E-state index in [-0.39, 0.29) is 6.04 Å². The monoisotopic (exact) mass is 256 g/mol. The van der Waals surface area contributed by atoms with E-state index in [1.807, 2.05) is 0 Å². The van der Waals surface area contributed by atoms with Crippen molar-refractivity contribution in [2.45, 2.75) is 45.6 Å². The number of hydrogen-bond donors (Lipinski definition) is 2. The normalized spacial score (nSPS) is 14.5.